The minimum Gasteiger partial charge on any atom is -0.490 e. The van der Waals surface area contributed by atoms with Crippen molar-refractivity contribution in [3.8, 4) is 34.5 Å². The van der Waals surface area contributed by atoms with Crippen LogP contribution >= 0.6 is 166 Å². The van der Waals surface area contributed by atoms with E-state index in [0.717, 1.165) is 176 Å². The van der Waals surface area contributed by atoms with Crippen LogP contribution in [-0.2, 0) is 0 Å². The summed E-state index contributed by atoms with van der Waals surface area (Å²) >= 11 is 34.4. The molecule has 0 aliphatic rings. The van der Waals surface area contributed by atoms with Crippen LogP contribution in [0.1, 0.15) is 270 Å². The predicted molar refractivity (Wildman–Crippen MR) is 493 cm³/mol. The fourth-order valence-electron chi connectivity index (χ4n) is 12.2. The van der Waals surface area contributed by atoms with Gasteiger partial charge in [-0.1, -0.05) is 211 Å². The van der Waals surface area contributed by atoms with Crippen molar-refractivity contribution >= 4 is 198 Å². The van der Waals surface area contributed by atoms with Gasteiger partial charge < -0.3 is 28.4 Å². The molecule has 6 nitrogen and oxygen atoms in total. The summed E-state index contributed by atoms with van der Waals surface area (Å²) in [5, 5.41) is 13.5. The fraction of sp³-hybridized carbons (Fsp3) is 0.786. The van der Waals surface area contributed by atoms with E-state index in [4.69, 9.17) is 28.4 Å². The van der Waals surface area contributed by atoms with Gasteiger partial charge in [0.15, 0.2) is 34.5 Å². The van der Waals surface area contributed by atoms with Gasteiger partial charge in [0.2, 0.25) is 0 Å². The molecule has 4 aromatic rings. The molecule has 0 heterocycles. The highest BCUT2D eigenvalue weighted by atomic mass is 79.9. The highest BCUT2D eigenvalue weighted by Crippen LogP contribution is 2.48. The highest BCUT2D eigenvalue weighted by Gasteiger charge is 2.21. The molecule has 588 valence electrons. The van der Waals surface area contributed by atoms with Crippen LogP contribution in [0, 0.1) is 0 Å². The number of fused-ring (bicyclic) bond motifs is 6. The van der Waals surface area contributed by atoms with Gasteiger partial charge in [-0.15, -0.1) is 0 Å². The molecule has 0 aliphatic carbocycles. The molecule has 0 aromatic heterocycles. The lowest BCUT2D eigenvalue weighted by Crippen LogP contribution is -2.05. The van der Waals surface area contributed by atoms with E-state index >= 15 is 0 Å². The summed E-state index contributed by atoms with van der Waals surface area (Å²) in [6.07, 6.45) is 51.6. The molecule has 0 atom stereocenters. The number of thioether (sulfide) groups is 6. The Morgan fingerprint density at radius 3 is 0.402 bits per heavy atom. The molecule has 0 bridgehead atoms. The van der Waals surface area contributed by atoms with Crippen molar-refractivity contribution in [2.75, 3.05) is 141 Å². The Bertz CT molecular complexity index is 2090. The lowest BCUT2D eigenvalue weighted by molar-refractivity contribution is 0.259. The average Bonchev–Trinajstić information content (AvgIpc) is 0.728. The van der Waals surface area contributed by atoms with Crippen molar-refractivity contribution in [1.29, 1.82) is 0 Å². The van der Waals surface area contributed by atoms with Crippen LogP contribution in [0.15, 0.2) is 36.4 Å². The first-order valence-corrected chi connectivity index (χ1v) is 54.4. The lowest BCUT2D eigenvalue weighted by atomic mass is 9.93. The Labute approximate surface area is 700 Å². The zero-order valence-corrected chi connectivity index (χ0v) is 77.7. The van der Waals surface area contributed by atoms with Crippen molar-refractivity contribution in [2.24, 2.45) is 0 Å². The Morgan fingerprint density at radius 1 is 0.157 bits per heavy atom. The monoisotopic (exact) mass is 1910 g/mol. The second-order valence-corrected chi connectivity index (χ2v) is 39.4. The van der Waals surface area contributed by atoms with Gasteiger partial charge in [-0.25, -0.2) is 0 Å². The van der Waals surface area contributed by atoms with Crippen molar-refractivity contribution in [2.45, 2.75) is 270 Å². The van der Waals surface area contributed by atoms with Gasteiger partial charge in [-0.2, -0.15) is 70.6 Å². The molecule has 0 N–H and O–H groups in total. The summed E-state index contributed by atoms with van der Waals surface area (Å²) in [5.41, 5.74) is 0. The third kappa shape index (κ3) is 48.4. The zero-order valence-electron chi connectivity index (χ0n) is 63.3. The highest BCUT2D eigenvalue weighted by molar-refractivity contribution is 9.10. The number of unbranched alkanes of at least 4 members (excludes halogenated alkanes) is 30. The molecule has 0 fully saturated rings. The van der Waals surface area contributed by atoms with Crippen LogP contribution in [0.5, 0.6) is 34.5 Å². The van der Waals surface area contributed by atoms with Crippen LogP contribution < -0.4 is 28.4 Å². The van der Waals surface area contributed by atoms with Crippen molar-refractivity contribution in [1.82, 2.24) is 0 Å². The van der Waals surface area contributed by atoms with E-state index in [0.29, 0.717) is 39.6 Å². The topological polar surface area (TPSA) is 55.4 Å². The maximum atomic E-state index is 7.00. The molecule has 0 saturated carbocycles. The smallest absolute Gasteiger partial charge is 0.161 e. The van der Waals surface area contributed by atoms with E-state index in [1.165, 1.54) is 262 Å². The number of halogens is 6. The quantitative estimate of drug-likeness (QED) is 0.0240. The number of ether oxygens (including phenoxy) is 6. The third-order valence-corrected chi connectivity index (χ3v) is 28.6. The zero-order chi connectivity index (χ0) is 72.3. The standard InChI is InChI=1S/C84H138Br6O6S6/c85-43-19-13-37-61-97-55-31-7-1-25-49-91-79-67-73-74(68-80(79)92-50-26-2-8-32-56-98-62-38-14-20-44-86)76-70-82(94-52-28-4-10-34-58-100-64-40-16-22-46-88)84(96-54-30-6-12-36-60-102-66-42-18-24-48-90)72-78(76)77-71-83(95-53-29-5-11-35-59-101-65-41-17-23-47-89)81(69-75(73)77)93-51-27-3-9-33-57-99-63-39-15-21-45-87/h67-72H,1-66H2. The van der Waals surface area contributed by atoms with Crippen molar-refractivity contribution < 1.29 is 28.4 Å². The van der Waals surface area contributed by atoms with Gasteiger partial charge in [-0.05, 0) is 292 Å². The first-order valence-electron chi connectivity index (χ1n) is 40.7. The van der Waals surface area contributed by atoms with E-state index in [9.17, 15) is 0 Å². The van der Waals surface area contributed by atoms with E-state index in [2.05, 4.69) is 203 Å². The normalized spacial score (nSPS) is 11.7. The molecular formula is C84H138Br6O6S6. The summed E-state index contributed by atoms with van der Waals surface area (Å²) in [4.78, 5) is 0. The summed E-state index contributed by atoms with van der Waals surface area (Å²) in [5.74, 6) is 20.2. The maximum Gasteiger partial charge on any atom is 0.161 e. The minimum atomic E-state index is 0.658. The van der Waals surface area contributed by atoms with Gasteiger partial charge in [-0.3, -0.25) is 0 Å². The molecule has 0 aliphatic heterocycles. The molecule has 0 radical (unpaired) electrons. The summed E-state index contributed by atoms with van der Waals surface area (Å²) in [6.45, 7) is 3.95. The lowest BCUT2D eigenvalue weighted by Gasteiger charge is -2.21. The van der Waals surface area contributed by atoms with Crippen molar-refractivity contribution in [3.63, 3.8) is 0 Å². The van der Waals surface area contributed by atoms with E-state index in [1.54, 1.807) is 0 Å². The number of hydrogen-bond donors (Lipinski definition) is 0. The van der Waals surface area contributed by atoms with Gasteiger partial charge in [0.1, 0.15) is 0 Å². The van der Waals surface area contributed by atoms with Crippen LogP contribution in [0.25, 0.3) is 32.3 Å². The number of benzene rings is 4. The number of alkyl halides is 6. The van der Waals surface area contributed by atoms with Crippen LogP contribution in [-0.4, -0.2) is 141 Å². The minimum absolute atomic E-state index is 0.658. The van der Waals surface area contributed by atoms with E-state index < -0.39 is 0 Å². The molecule has 0 unspecified atom stereocenters. The van der Waals surface area contributed by atoms with Gasteiger partial charge >= 0.3 is 0 Å². The average molecular weight is 1920 g/mol. The summed E-state index contributed by atoms with van der Waals surface area (Å²) in [6, 6.07) is 13.9. The second-order valence-electron chi connectivity index (χ2n) is 27.3. The van der Waals surface area contributed by atoms with E-state index in [1.807, 2.05) is 0 Å². The third-order valence-electron chi connectivity index (χ3n) is 18.3. The summed E-state index contributed by atoms with van der Waals surface area (Å²) in [7, 11) is 0. The van der Waals surface area contributed by atoms with Crippen molar-refractivity contribution in [3.05, 3.63) is 36.4 Å². The van der Waals surface area contributed by atoms with Gasteiger partial charge in [0.25, 0.3) is 0 Å². The molecule has 4 rings (SSSR count). The van der Waals surface area contributed by atoms with Gasteiger partial charge in [0, 0.05) is 32.0 Å². The largest absolute Gasteiger partial charge is 0.490 e. The Morgan fingerprint density at radius 2 is 0.275 bits per heavy atom. The van der Waals surface area contributed by atoms with Crippen LogP contribution in [0.4, 0.5) is 0 Å². The first kappa shape index (κ1) is 95.8. The first-order chi connectivity index (χ1) is 50.6. The maximum absolute atomic E-state index is 7.00. The van der Waals surface area contributed by atoms with Crippen LogP contribution in [0.2, 0.25) is 0 Å². The molecule has 102 heavy (non-hydrogen) atoms. The summed E-state index contributed by atoms with van der Waals surface area (Å²) < 4.78 is 42.0. The Balaban J connectivity index is 1.76. The molecule has 18 heteroatoms. The predicted octanol–water partition coefficient (Wildman–Crippen LogP) is 30.6. The number of hydrogen-bond acceptors (Lipinski definition) is 12. The molecule has 0 saturated heterocycles. The second kappa shape index (κ2) is 71.5. The SMILES string of the molecule is BrCCCCCSCCCCCCOc1cc2c3cc(OCCCCCCSCCCCCBr)c(OCCCCCCSCCCCCBr)cc3c3cc(OCCCCCCSCCCCCBr)c(OCCCCCCSCCCCCBr)cc3c2cc1OCCCCCCSCCCCCBr. The number of rotatable bonds is 78. The molecule has 4 aromatic carbocycles. The Hall–Kier alpha value is 1.44. The van der Waals surface area contributed by atoms with E-state index in [-0.39, 0.29) is 0 Å². The molecule has 0 spiro atoms. The fourth-order valence-corrected chi connectivity index (χ4v) is 20.7. The molecule has 0 amide bonds. The van der Waals surface area contributed by atoms with Crippen LogP contribution in [0.3, 0.4) is 0 Å². The van der Waals surface area contributed by atoms with Gasteiger partial charge in [0.05, 0.1) is 39.6 Å². The Kier molecular flexibility index (Phi) is 67.1. The molecular weight excluding hydrogens is 1780 g/mol.